The second-order valence-electron chi connectivity index (χ2n) is 8.62. The van der Waals surface area contributed by atoms with Gasteiger partial charge in [-0.1, -0.05) is 36.4 Å². The van der Waals surface area contributed by atoms with Crippen LogP contribution in [0.3, 0.4) is 0 Å². The molecule has 0 N–H and O–H groups in total. The molecule has 0 saturated carbocycles. The molecule has 164 valence electrons. The van der Waals surface area contributed by atoms with Crippen LogP contribution in [0.2, 0.25) is 0 Å². The average Bonchev–Trinajstić information content (AvgIpc) is 3.45. The number of aryl methyl sites for hydroxylation is 1. The molecule has 1 saturated heterocycles. The van der Waals surface area contributed by atoms with Gasteiger partial charge in [0.1, 0.15) is 0 Å². The van der Waals surface area contributed by atoms with Crippen molar-refractivity contribution in [3.8, 4) is 11.1 Å². The van der Waals surface area contributed by atoms with E-state index in [1.54, 1.807) is 4.68 Å². The summed E-state index contributed by atoms with van der Waals surface area (Å²) in [5.41, 5.74) is 5.55. The van der Waals surface area contributed by atoms with Gasteiger partial charge in [0.2, 0.25) is 5.91 Å². The van der Waals surface area contributed by atoms with E-state index >= 15 is 0 Å². The summed E-state index contributed by atoms with van der Waals surface area (Å²) in [5, 5.41) is 8.85. The zero-order chi connectivity index (χ0) is 22.1. The normalized spacial score (nSPS) is 14.8. The second kappa shape index (κ2) is 8.49. The fourth-order valence-corrected chi connectivity index (χ4v) is 4.57. The highest BCUT2D eigenvalue weighted by atomic mass is 16.2. The Bertz CT molecular complexity index is 1220. The molecule has 1 fully saturated rings. The van der Waals surface area contributed by atoms with Crippen molar-refractivity contribution >= 4 is 17.1 Å². The Hall–Kier alpha value is -3.61. The number of piperidine rings is 1. The maximum absolute atomic E-state index is 13.0. The lowest BCUT2D eigenvalue weighted by molar-refractivity contribution is -0.135. The van der Waals surface area contributed by atoms with E-state index in [1.165, 1.54) is 0 Å². The number of carbonyl (C=O) groups is 1. The first-order valence-corrected chi connectivity index (χ1v) is 11.1. The summed E-state index contributed by atoms with van der Waals surface area (Å²) in [6.07, 6.45) is 9.58. The molecule has 0 atom stereocenters. The number of pyridine rings is 1. The van der Waals surface area contributed by atoms with Gasteiger partial charge in [0.25, 0.3) is 0 Å². The van der Waals surface area contributed by atoms with Crippen molar-refractivity contribution in [3.63, 3.8) is 0 Å². The van der Waals surface area contributed by atoms with Crippen LogP contribution in [0.1, 0.15) is 18.4 Å². The monoisotopic (exact) mass is 428 g/mol. The molecular formula is C25H28N6O. The van der Waals surface area contributed by atoms with Crippen LogP contribution in [0.25, 0.3) is 16.6 Å². The second-order valence-corrected chi connectivity index (χ2v) is 8.62. The minimum absolute atomic E-state index is 0.0824. The third-order valence-electron chi connectivity index (χ3n) is 6.36. The lowest BCUT2D eigenvalue weighted by Crippen LogP contribution is -2.41. The minimum Gasteiger partial charge on any atom is -0.368 e. The number of benzene rings is 1. The maximum atomic E-state index is 13.0. The Balaban J connectivity index is 1.24. The first-order chi connectivity index (χ1) is 15.6. The van der Waals surface area contributed by atoms with Gasteiger partial charge >= 0.3 is 0 Å². The van der Waals surface area contributed by atoms with E-state index in [1.807, 2.05) is 66.5 Å². The number of rotatable bonds is 5. The molecule has 5 rings (SSSR count). The van der Waals surface area contributed by atoms with Gasteiger partial charge in [-0.05, 0) is 24.5 Å². The summed E-state index contributed by atoms with van der Waals surface area (Å²) in [7, 11) is 3.83. The van der Waals surface area contributed by atoms with E-state index in [-0.39, 0.29) is 11.8 Å². The van der Waals surface area contributed by atoms with E-state index < -0.39 is 0 Å². The molecular weight excluding hydrogens is 400 g/mol. The molecule has 4 heterocycles. The summed E-state index contributed by atoms with van der Waals surface area (Å²) in [4.78, 5) is 17.2. The number of fused-ring (bicyclic) bond motifs is 1. The molecule has 4 aromatic rings. The van der Waals surface area contributed by atoms with Gasteiger partial charge in [-0.25, -0.2) is 4.52 Å². The van der Waals surface area contributed by atoms with Crippen molar-refractivity contribution in [2.45, 2.75) is 19.4 Å². The van der Waals surface area contributed by atoms with E-state index in [9.17, 15) is 4.79 Å². The molecule has 3 aromatic heterocycles. The smallest absolute Gasteiger partial charge is 0.225 e. The molecule has 1 aromatic carbocycles. The Morgan fingerprint density at radius 1 is 1.00 bits per heavy atom. The number of nitrogens with zero attached hydrogens (tertiary/aromatic N) is 6. The Kier molecular flexibility index (Phi) is 5.39. The predicted molar refractivity (Wildman–Crippen MR) is 125 cm³/mol. The molecule has 0 radical (unpaired) electrons. The molecule has 0 bridgehead atoms. The van der Waals surface area contributed by atoms with Crippen molar-refractivity contribution in [1.29, 1.82) is 0 Å². The molecule has 32 heavy (non-hydrogen) atoms. The molecule has 0 unspecified atom stereocenters. The molecule has 0 aliphatic carbocycles. The van der Waals surface area contributed by atoms with Crippen LogP contribution in [0.5, 0.6) is 0 Å². The van der Waals surface area contributed by atoms with Crippen LogP contribution in [-0.4, -0.2) is 50.3 Å². The van der Waals surface area contributed by atoms with Crippen molar-refractivity contribution in [3.05, 3.63) is 72.8 Å². The number of hydrogen-bond acceptors (Lipinski definition) is 4. The van der Waals surface area contributed by atoms with Crippen LogP contribution in [-0.2, 0) is 18.4 Å². The largest absolute Gasteiger partial charge is 0.368 e. The van der Waals surface area contributed by atoms with Gasteiger partial charge in [0.15, 0.2) is 0 Å². The van der Waals surface area contributed by atoms with E-state index in [0.717, 1.165) is 53.8 Å². The zero-order valence-corrected chi connectivity index (χ0v) is 18.6. The number of hydrogen-bond donors (Lipinski definition) is 0. The minimum atomic E-state index is 0.0824. The lowest BCUT2D eigenvalue weighted by Gasteiger charge is -2.34. The molecule has 0 spiro atoms. The topological polar surface area (TPSA) is 58.7 Å². The number of carbonyl (C=O) groups excluding carboxylic acids is 1. The van der Waals surface area contributed by atoms with E-state index in [4.69, 9.17) is 0 Å². The van der Waals surface area contributed by atoms with Crippen molar-refractivity contribution < 1.29 is 4.79 Å². The highest BCUT2D eigenvalue weighted by Gasteiger charge is 2.28. The number of anilines is 1. The average molecular weight is 429 g/mol. The third kappa shape index (κ3) is 3.98. The van der Waals surface area contributed by atoms with Crippen molar-refractivity contribution in [2.75, 3.05) is 25.0 Å². The first kappa shape index (κ1) is 20.3. The fraction of sp³-hybridized carbons (Fsp3) is 0.320. The first-order valence-electron chi connectivity index (χ1n) is 11.1. The summed E-state index contributed by atoms with van der Waals surface area (Å²) >= 11 is 0. The predicted octanol–water partition coefficient (Wildman–Crippen LogP) is 3.61. The van der Waals surface area contributed by atoms with Gasteiger partial charge in [-0.3, -0.25) is 9.48 Å². The van der Waals surface area contributed by atoms with E-state index in [0.29, 0.717) is 6.54 Å². The van der Waals surface area contributed by atoms with Crippen molar-refractivity contribution in [1.82, 2.24) is 24.3 Å². The van der Waals surface area contributed by atoms with Gasteiger partial charge < -0.3 is 9.80 Å². The Labute approximate surface area is 187 Å². The van der Waals surface area contributed by atoms with Crippen LogP contribution in [0.15, 0.2) is 67.3 Å². The Morgan fingerprint density at radius 2 is 1.78 bits per heavy atom. The van der Waals surface area contributed by atoms with Gasteiger partial charge in [0.05, 0.1) is 23.6 Å². The van der Waals surface area contributed by atoms with E-state index in [2.05, 4.69) is 39.4 Å². The van der Waals surface area contributed by atoms with Gasteiger partial charge in [-0.2, -0.15) is 10.2 Å². The summed E-state index contributed by atoms with van der Waals surface area (Å²) in [5.74, 6) is 0.327. The van der Waals surface area contributed by atoms with Crippen LogP contribution < -0.4 is 4.90 Å². The highest BCUT2D eigenvalue weighted by molar-refractivity contribution is 5.80. The third-order valence-corrected chi connectivity index (χ3v) is 6.36. The fourth-order valence-electron chi connectivity index (χ4n) is 4.57. The number of aromatic nitrogens is 4. The quantitative estimate of drug-likeness (QED) is 0.487. The van der Waals surface area contributed by atoms with Crippen molar-refractivity contribution in [2.24, 2.45) is 13.0 Å². The lowest BCUT2D eigenvalue weighted by atomic mass is 9.95. The maximum Gasteiger partial charge on any atom is 0.225 e. The standard InChI is InChI=1S/C25H28N6O/c1-28(16-19-6-4-3-5-7-19)25(32)20-10-12-30(13-11-20)24-15-27-31-18-21(8-9-23(24)31)22-14-26-29(2)17-22/h3-9,14-15,17-18,20H,10-13,16H2,1-2H3. The highest BCUT2D eigenvalue weighted by Crippen LogP contribution is 2.29. The van der Waals surface area contributed by atoms with Gasteiger partial charge in [0, 0.05) is 63.2 Å². The summed E-state index contributed by atoms with van der Waals surface area (Å²) < 4.78 is 3.74. The molecule has 7 heteroatoms. The zero-order valence-electron chi connectivity index (χ0n) is 18.6. The van der Waals surface area contributed by atoms with Crippen LogP contribution in [0, 0.1) is 5.92 Å². The molecule has 1 aliphatic rings. The number of amides is 1. The SMILES string of the molecule is CN(Cc1ccccc1)C(=O)C1CCN(c2cnn3cc(-c4cnn(C)c4)ccc23)CC1. The molecule has 7 nitrogen and oxygen atoms in total. The van der Waals surface area contributed by atoms with Crippen LogP contribution in [0.4, 0.5) is 5.69 Å². The summed E-state index contributed by atoms with van der Waals surface area (Å²) in [6, 6.07) is 14.4. The summed E-state index contributed by atoms with van der Waals surface area (Å²) in [6.45, 7) is 2.38. The molecule has 1 aliphatic heterocycles. The van der Waals surface area contributed by atoms with Gasteiger partial charge in [-0.15, -0.1) is 0 Å². The molecule has 1 amide bonds. The van der Waals surface area contributed by atoms with Crippen LogP contribution >= 0.6 is 0 Å². The Morgan fingerprint density at radius 3 is 2.50 bits per heavy atom.